The Morgan fingerprint density at radius 2 is 1.38 bits per heavy atom. The van der Waals surface area contributed by atoms with E-state index in [1.165, 1.54) is 16.7 Å². The maximum absolute atomic E-state index is 9.89. The number of unbranched alkanes of at least 4 members (excludes halogenated alkanes) is 1. The summed E-state index contributed by atoms with van der Waals surface area (Å²) in [4.78, 5) is 0. The lowest BCUT2D eigenvalue weighted by Gasteiger charge is -2.12. The zero-order valence-corrected chi connectivity index (χ0v) is 15.3. The van der Waals surface area contributed by atoms with Gasteiger partial charge in [-0.1, -0.05) is 80.4 Å². The SMILES string of the molecule is CCCCC(O)COc1ccc(-c2cccc(-c3ccccc3)c2)cc1. The molecule has 26 heavy (non-hydrogen) atoms. The van der Waals surface area contributed by atoms with E-state index < -0.39 is 6.10 Å². The fraction of sp³-hybridized carbons (Fsp3) is 0.250. The minimum Gasteiger partial charge on any atom is -0.491 e. The van der Waals surface area contributed by atoms with Crippen molar-refractivity contribution in [2.45, 2.75) is 32.3 Å². The molecule has 0 aliphatic rings. The van der Waals surface area contributed by atoms with Gasteiger partial charge in [-0.2, -0.15) is 0 Å². The fourth-order valence-corrected chi connectivity index (χ4v) is 2.97. The molecule has 2 heteroatoms. The van der Waals surface area contributed by atoms with E-state index in [0.717, 1.165) is 30.6 Å². The summed E-state index contributed by atoms with van der Waals surface area (Å²) in [6.07, 6.45) is 2.52. The molecule has 134 valence electrons. The van der Waals surface area contributed by atoms with Crippen LogP contribution in [0, 0.1) is 0 Å². The molecule has 0 saturated carbocycles. The largest absolute Gasteiger partial charge is 0.491 e. The third-order valence-corrected chi connectivity index (χ3v) is 4.49. The number of aliphatic hydroxyl groups is 1. The second-order valence-corrected chi connectivity index (χ2v) is 6.58. The fourth-order valence-electron chi connectivity index (χ4n) is 2.97. The molecule has 1 N–H and O–H groups in total. The lowest BCUT2D eigenvalue weighted by molar-refractivity contribution is 0.0980. The van der Waals surface area contributed by atoms with Gasteiger partial charge in [0.1, 0.15) is 12.4 Å². The molecule has 0 fully saturated rings. The summed E-state index contributed by atoms with van der Waals surface area (Å²) in [6.45, 7) is 2.47. The molecule has 2 nitrogen and oxygen atoms in total. The van der Waals surface area contributed by atoms with Crippen molar-refractivity contribution in [1.29, 1.82) is 0 Å². The highest BCUT2D eigenvalue weighted by molar-refractivity contribution is 5.73. The van der Waals surface area contributed by atoms with Crippen LogP contribution in [0.3, 0.4) is 0 Å². The first-order valence-corrected chi connectivity index (χ1v) is 9.33. The van der Waals surface area contributed by atoms with Crippen molar-refractivity contribution in [2.75, 3.05) is 6.61 Å². The number of benzene rings is 3. The van der Waals surface area contributed by atoms with E-state index in [1.54, 1.807) is 0 Å². The maximum atomic E-state index is 9.89. The second-order valence-electron chi connectivity index (χ2n) is 6.58. The monoisotopic (exact) mass is 346 g/mol. The minimum absolute atomic E-state index is 0.350. The van der Waals surface area contributed by atoms with Crippen LogP contribution in [-0.4, -0.2) is 17.8 Å². The summed E-state index contributed by atoms with van der Waals surface area (Å²) in [6, 6.07) is 27.0. The van der Waals surface area contributed by atoms with Crippen LogP contribution in [0.1, 0.15) is 26.2 Å². The molecule has 0 heterocycles. The topological polar surface area (TPSA) is 29.5 Å². The molecule has 3 aromatic carbocycles. The highest BCUT2D eigenvalue weighted by Gasteiger charge is 2.06. The van der Waals surface area contributed by atoms with Gasteiger partial charge < -0.3 is 9.84 Å². The highest BCUT2D eigenvalue weighted by atomic mass is 16.5. The number of ether oxygens (including phenoxy) is 1. The van der Waals surface area contributed by atoms with Crippen LogP contribution < -0.4 is 4.74 Å². The van der Waals surface area contributed by atoms with E-state index >= 15 is 0 Å². The van der Waals surface area contributed by atoms with Crippen LogP contribution >= 0.6 is 0 Å². The molecule has 0 aromatic heterocycles. The molecule has 1 unspecified atom stereocenters. The van der Waals surface area contributed by atoms with Gasteiger partial charge in [-0.15, -0.1) is 0 Å². The van der Waals surface area contributed by atoms with Gasteiger partial charge in [-0.25, -0.2) is 0 Å². The predicted octanol–water partition coefficient (Wildman–Crippen LogP) is 5.95. The Kier molecular flexibility index (Phi) is 6.45. The average molecular weight is 346 g/mol. The van der Waals surface area contributed by atoms with Gasteiger partial charge in [0.2, 0.25) is 0 Å². The molecule has 0 radical (unpaired) electrons. The van der Waals surface area contributed by atoms with Crippen LogP contribution in [0.2, 0.25) is 0 Å². The number of rotatable bonds is 8. The summed E-state index contributed by atoms with van der Waals surface area (Å²) in [5.74, 6) is 0.795. The molecule has 0 aliphatic heterocycles. The molecule has 0 bridgehead atoms. The Morgan fingerprint density at radius 1 is 0.769 bits per heavy atom. The molecular formula is C24H26O2. The van der Waals surface area contributed by atoms with E-state index in [1.807, 2.05) is 18.2 Å². The van der Waals surface area contributed by atoms with E-state index in [-0.39, 0.29) is 0 Å². The summed E-state index contributed by atoms with van der Waals surface area (Å²) in [5.41, 5.74) is 4.76. The smallest absolute Gasteiger partial charge is 0.119 e. The van der Waals surface area contributed by atoms with Crippen molar-refractivity contribution in [2.24, 2.45) is 0 Å². The van der Waals surface area contributed by atoms with Crippen LogP contribution in [-0.2, 0) is 0 Å². The van der Waals surface area contributed by atoms with Crippen LogP contribution in [0.15, 0.2) is 78.9 Å². The first-order valence-electron chi connectivity index (χ1n) is 9.33. The molecule has 0 aliphatic carbocycles. The van der Waals surface area contributed by atoms with E-state index in [4.69, 9.17) is 4.74 Å². The standard InChI is InChI=1S/C24H26O2/c1-2-3-12-23(25)18-26-24-15-13-20(14-16-24)22-11-7-10-21(17-22)19-8-5-4-6-9-19/h4-11,13-17,23,25H,2-3,12,18H2,1H3. The Bertz CT molecular complexity index is 794. The van der Waals surface area contributed by atoms with Crippen LogP contribution in [0.4, 0.5) is 0 Å². The Hall–Kier alpha value is -2.58. The highest BCUT2D eigenvalue weighted by Crippen LogP contribution is 2.27. The lowest BCUT2D eigenvalue weighted by atomic mass is 9.99. The Balaban J connectivity index is 1.67. The third-order valence-electron chi connectivity index (χ3n) is 4.49. The summed E-state index contributed by atoms with van der Waals surface area (Å²) in [7, 11) is 0. The predicted molar refractivity (Wildman–Crippen MR) is 108 cm³/mol. The lowest BCUT2D eigenvalue weighted by Crippen LogP contribution is -2.17. The first kappa shape index (κ1) is 18.2. The zero-order valence-electron chi connectivity index (χ0n) is 15.3. The Morgan fingerprint density at radius 3 is 2.04 bits per heavy atom. The van der Waals surface area contributed by atoms with Gasteiger partial charge in [0.15, 0.2) is 0 Å². The summed E-state index contributed by atoms with van der Waals surface area (Å²) in [5, 5.41) is 9.89. The average Bonchev–Trinajstić information content (AvgIpc) is 2.72. The summed E-state index contributed by atoms with van der Waals surface area (Å²) >= 11 is 0. The molecule has 3 aromatic rings. The van der Waals surface area contributed by atoms with Crippen molar-refractivity contribution < 1.29 is 9.84 Å². The zero-order chi connectivity index (χ0) is 18.2. The van der Waals surface area contributed by atoms with E-state index in [9.17, 15) is 5.11 Å². The van der Waals surface area contributed by atoms with E-state index in [0.29, 0.717) is 6.61 Å². The molecule has 0 amide bonds. The van der Waals surface area contributed by atoms with Crippen LogP contribution in [0.25, 0.3) is 22.3 Å². The quantitative estimate of drug-likeness (QED) is 0.546. The molecule has 0 spiro atoms. The van der Waals surface area contributed by atoms with Crippen molar-refractivity contribution in [3.63, 3.8) is 0 Å². The molecular weight excluding hydrogens is 320 g/mol. The van der Waals surface area contributed by atoms with Crippen molar-refractivity contribution in [3.05, 3.63) is 78.9 Å². The van der Waals surface area contributed by atoms with Crippen molar-refractivity contribution in [3.8, 4) is 28.0 Å². The number of aliphatic hydroxyl groups excluding tert-OH is 1. The van der Waals surface area contributed by atoms with Gasteiger partial charge in [-0.05, 0) is 46.9 Å². The maximum Gasteiger partial charge on any atom is 0.119 e. The second kappa shape index (κ2) is 9.21. The summed E-state index contributed by atoms with van der Waals surface area (Å²) < 4.78 is 5.70. The Labute approximate surface area is 156 Å². The third kappa shape index (κ3) is 4.96. The molecule has 0 saturated heterocycles. The van der Waals surface area contributed by atoms with Crippen molar-refractivity contribution >= 4 is 0 Å². The minimum atomic E-state index is -0.391. The van der Waals surface area contributed by atoms with Gasteiger partial charge in [0, 0.05) is 0 Å². The first-order chi connectivity index (χ1) is 12.8. The van der Waals surface area contributed by atoms with Crippen LogP contribution in [0.5, 0.6) is 5.75 Å². The van der Waals surface area contributed by atoms with Gasteiger partial charge in [0.25, 0.3) is 0 Å². The van der Waals surface area contributed by atoms with Gasteiger partial charge in [-0.3, -0.25) is 0 Å². The van der Waals surface area contributed by atoms with E-state index in [2.05, 4.69) is 67.6 Å². The number of hydrogen-bond donors (Lipinski definition) is 1. The van der Waals surface area contributed by atoms with Gasteiger partial charge in [0.05, 0.1) is 6.10 Å². The van der Waals surface area contributed by atoms with Gasteiger partial charge >= 0.3 is 0 Å². The molecule has 1 atom stereocenters. The molecule has 3 rings (SSSR count). The van der Waals surface area contributed by atoms with Crippen molar-refractivity contribution in [1.82, 2.24) is 0 Å². The normalized spacial score (nSPS) is 11.9. The number of hydrogen-bond acceptors (Lipinski definition) is 2.